The summed E-state index contributed by atoms with van der Waals surface area (Å²) in [5.41, 5.74) is 0.902. The molecule has 88 valence electrons. The van der Waals surface area contributed by atoms with Crippen molar-refractivity contribution in [2.45, 2.75) is 6.61 Å². The molecule has 0 saturated heterocycles. The molecule has 0 bridgehead atoms. The lowest BCUT2D eigenvalue weighted by Gasteiger charge is -2.05. The summed E-state index contributed by atoms with van der Waals surface area (Å²) in [5.74, 6) is 0.788. The fourth-order valence-corrected chi connectivity index (χ4v) is 0.912. The van der Waals surface area contributed by atoms with Gasteiger partial charge in [-0.15, -0.1) is 0 Å². The molecule has 0 saturated carbocycles. The van der Waals surface area contributed by atoms with Crippen LogP contribution in [-0.2, 0) is 16.3 Å². The van der Waals surface area contributed by atoms with Crippen LogP contribution < -0.4 is 10.1 Å². The summed E-state index contributed by atoms with van der Waals surface area (Å²) in [7, 11) is 1.81. The molecule has 0 radical (unpaired) electrons. The van der Waals surface area contributed by atoms with Crippen molar-refractivity contribution in [3.05, 3.63) is 29.8 Å². The van der Waals surface area contributed by atoms with Crippen LogP contribution in [0.25, 0.3) is 0 Å². The van der Waals surface area contributed by atoms with E-state index in [1.807, 2.05) is 31.3 Å². The number of nitrogens with one attached hydrogen (secondary N) is 1. The first-order valence-electron chi connectivity index (χ1n) is 4.40. The second-order valence-electron chi connectivity index (χ2n) is 2.64. The van der Waals surface area contributed by atoms with E-state index in [-0.39, 0.29) is 6.61 Å². The molecule has 2 N–H and O–H groups in total. The Kier molecular flexibility index (Phi) is 9.39. The fourth-order valence-electron chi connectivity index (χ4n) is 0.912. The fraction of sp³-hybridized carbons (Fsp3) is 0.300. The second kappa shape index (κ2) is 10.2. The molecular formula is C10H13NO4S. The van der Waals surface area contributed by atoms with Gasteiger partial charge in [-0.05, 0) is 24.7 Å². The summed E-state index contributed by atoms with van der Waals surface area (Å²) in [6.45, 7) is 0.683. The van der Waals surface area contributed by atoms with Gasteiger partial charge in [0.25, 0.3) is 0 Å². The molecule has 6 heteroatoms. The van der Waals surface area contributed by atoms with E-state index < -0.39 is 0 Å². The first-order valence-corrected chi connectivity index (χ1v) is 4.81. The molecule has 0 aromatic heterocycles. The van der Waals surface area contributed by atoms with Gasteiger partial charge in [-0.25, -0.2) is 9.68 Å². The summed E-state index contributed by atoms with van der Waals surface area (Å²) >= 11 is 3.59. The van der Waals surface area contributed by atoms with Crippen LogP contribution in [0.1, 0.15) is 5.56 Å². The molecule has 0 amide bonds. The smallest absolute Gasteiger partial charge is 0.202 e. The highest BCUT2D eigenvalue weighted by molar-refractivity contribution is 7.78. The molecule has 16 heavy (non-hydrogen) atoms. The lowest BCUT2D eigenvalue weighted by atomic mass is 10.2. The predicted octanol–water partition coefficient (Wildman–Crippen LogP) is 1.48. The van der Waals surface area contributed by atoms with Crippen LogP contribution in [-0.4, -0.2) is 24.3 Å². The number of benzene rings is 1. The minimum absolute atomic E-state index is 0.201. The van der Waals surface area contributed by atoms with Crippen LogP contribution in [0, 0.1) is 0 Å². The van der Waals surface area contributed by atoms with Crippen molar-refractivity contribution < 1.29 is 19.7 Å². The second-order valence-corrected chi connectivity index (χ2v) is 2.81. The van der Waals surface area contributed by atoms with E-state index in [0.29, 0.717) is 6.73 Å². The van der Waals surface area contributed by atoms with Gasteiger partial charge in [0.15, 0.2) is 0 Å². The van der Waals surface area contributed by atoms with Gasteiger partial charge in [0.05, 0.1) is 0 Å². The summed E-state index contributed by atoms with van der Waals surface area (Å²) in [5, 5.41) is 12.1. The van der Waals surface area contributed by atoms with Crippen LogP contribution in [0.2, 0.25) is 0 Å². The van der Waals surface area contributed by atoms with Gasteiger partial charge in [-0.3, -0.25) is 10.6 Å². The Hall–Kier alpha value is -1.30. The first kappa shape index (κ1) is 14.7. The van der Waals surface area contributed by atoms with Crippen molar-refractivity contribution in [2.24, 2.45) is 0 Å². The highest BCUT2D eigenvalue weighted by Crippen LogP contribution is 2.11. The third-order valence-corrected chi connectivity index (χ3v) is 1.54. The van der Waals surface area contributed by atoms with Gasteiger partial charge in [0, 0.05) is 12.2 Å². The molecule has 0 atom stereocenters. The van der Waals surface area contributed by atoms with E-state index in [4.69, 9.17) is 14.8 Å². The standard InChI is InChI=1S/C9H13NO3.COS/c1-10-7-12-9-4-2-8(3-5-9)6-13-11;2-1-3/h2-5,10-11H,6-7H2,1H3;. The highest BCUT2D eigenvalue weighted by atomic mass is 32.1. The van der Waals surface area contributed by atoms with Crippen LogP contribution in [0.4, 0.5) is 0 Å². The number of rotatable bonds is 5. The zero-order valence-corrected chi connectivity index (χ0v) is 9.62. The van der Waals surface area contributed by atoms with E-state index in [1.165, 1.54) is 0 Å². The molecule has 1 aromatic rings. The summed E-state index contributed by atoms with van der Waals surface area (Å²) in [6, 6.07) is 7.32. The maximum absolute atomic E-state index is 8.50. The predicted molar refractivity (Wildman–Crippen MR) is 61.7 cm³/mol. The first-order chi connectivity index (χ1) is 7.78. The summed E-state index contributed by atoms with van der Waals surface area (Å²) < 4.78 is 5.27. The molecule has 1 rings (SSSR count). The molecule has 0 spiro atoms. The zero-order valence-electron chi connectivity index (χ0n) is 8.80. The third-order valence-electron chi connectivity index (χ3n) is 1.54. The third kappa shape index (κ3) is 7.05. The molecule has 0 unspecified atom stereocenters. The topological polar surface area (TPSA) is 67.8 Å². The Morgan fingerprint density at radius 2 is 2.00 bits per heavy atom. The van der Waals surface area contributed by atoms with E-state index in [2.05, 4.69) is 22.4 Å². The van der Waals surface area contributed by atoms with Gasteiger partial charge in [0.2, 0.25) is 5.23 Å². The van der Waals surface area contributed by atoms with Gasteiger partial charge >= 0.3 is 0 Å². The number of carbonyl (C=O) groups excluding carboxylic acids is 1. The lowest BCUT2D eigenvalue weighted by Crippen LogP contribution is -2.13. The average molecular weight is 243 g/mol. The van der Waals surface area contributed by atoms with E-state index in [9.17, 15) is 0 Å². The maximum atomic E-state index is 8.50. The average Bonchev–Trinajstić information content (AvgIpc) is 2.30. The van der Waals surface area contributed by atoms with Gasteiger partial charge in [0.1, 0.15) is 19.1 Å². The van der Waals surface area contributed by atoms with Crippen LogP contribution in [0.5, 0.6) is 5.75 Å². The van der Waals surface area contributed by atoms with E-state index in [1.54, 1.807) is 0 Å². The number of hydrogen-bond donors (Lipinski definition) is 2. The summed E-state index contributed by atoms with van der Waals surface area (Å²) in [4.78, 5) is 12.5. The van der Waals surface area contributed by atoms with Crippen molar-refractivity contribution in [1.29, 1.82) is 0 Å². The molecule has 0 aliphatic carbocycles. The van der Waals surface area contributed by atoms with Crippen LogP contribution in [0.3, 0.4) is 0 Å². The van der Waals surface area contributed by atoms with Gasteiger partial charge in [-0.1, -0.05) is 12.1 Å². The Labute approximate surface area is 98.9 Å². The largest absolute Gasteiger partial charge is 0.478 e. The van der Waals surface area contributed by atoms with Gasteiger partial charge in [-0.2, -0.15) is 0 Å². The molecule has 0 heterocycles. The van der Waals surface area contributed by atoms with E-state index in [0.717, 1.165) is 16.5 Å². The molecular weight excluding hydrogens is 230 g/mol. The maximum Gasteiger partial charge on any atom is 0.202 e. The molecule has 0 aliphatic heterocycles. The number of ether oxygens (including phenoxy) is 1. The minimum Gasteiger partial charge on any atom is -0.478 e. The van der Waals surface area contributed by atoms with Crippen molar-refractivity contribution in [1.82, 2.24) is 5.32 Å². The van der Waals surface area contributed by atoms with E-state index >= 15 is 0 Å². The van der Waals surface area contributed by atoms with Crippen molar-refractivity contribution in [2.75, 3.05) is 13.8 Å². The molecule has 0 aliphatic rings. The Bertz CT molecular complexity index is 309. The highest BCUT2D eigenvalue weighted by Gasteiger charge is 1.94. The van der Waals surface area contributed by atoms with Crippen molar-refractivity contribution in [3.63, 3.8) is 0 Å². The van der Waals surface area contributed by atoms with Crippen molar-refractivity contribution >= 4 is 17.5 Å². The summed E-state index contributed by atoms with van der Waals surface area (Å²) in [6.07, 6.45) is 0. The minimum atomic E-state index is 0.201. The van der Waals surface area contributed by atoms with Crippen molar-refractivity contribution in [3.8, 4) is 5.75 Å². The lowest BCUT2D eigenvalue weighted by molar-refractivity contribution is -0.253. The molecule has 5 nitrogen and oxygen atoms in total. The quantitative estimate of drug-likeness (QED) is 0.353. The Morgan fingerprint density at radius 3 is 2.44 bits per heavy atom. The SMILES string of the molecule is CNCOc1ccc(COO)cc1.O=C=S. The molecule has 1 aromatic carbocycles. The Balaban J connectivity index is 0.000000673. The number of hydrogen-bond acceptors (Lipinski definition) is 6. The van der Waals surface area contributed by atoms with Crippen LogP contribution in [0.15, 0.2) is 24.3 Å². The zero-order chi connectivity index (χ0) is 12.2. The van der Waals surface area contributed by atoms with Crippen LogP contribution >= 0.6 is 12.2 Å². The normalized spacial score (nSPS) is 8.62. The Morgan fingerprint density at radius 1 is 1.44 bits per heavy atom. The molecule has 0 fully saturated rings. The monoisotopic (exact) mass is 243 g/mol. The van der Waals surface area contributed by atoms with Gasteiger partial charge < -0.3 is 4.74 Å². The number of thiocarbonyl (C=S) groups is 1.